The lowest BCUT2D eigenvalue weighted by molar-refractivity contribution is 0.507. The van der Waals surface area contributed by atoms with Crippen molar-refractivity contribution in [3.05, 3.63) is 132 Å². The monoisotopic (exact) mass is 439 g/mol. The molecule has 0 radical (unpaired) electrons. The minimum atomic E-state index is -2.96. The van der Waals surface area contributed by atoms with Gasteiger partial charge in [-0.1, -0.05) is 135 Å². The molecule has 0 spiro atoms. The molecule has 0 saturated carbocycles. The normalized spacial score (nSPS) is 12.6. The molecule has 32 heavy (non-hydrogen) atoms. The van der Waals surface area contributed by atoms with Gasteiger partial charge in [0.25, 0.3) is 0 Å². The van der Waals surface area contributed by atoms with Gasteiger partial charge in [0, 0.05) is 10.6 Å². The SMILES string of the molecule is CCCC(NC(c1ccccc1)c1ccccc1)P(=O)(c1ccccc1)c1ccccc1. The van der Waals surface area contributed by atoms with E-state index >= 15 is 4.57 Å². The molecule has 0 saturated heterocycles. The van der Waals surface area contributed by atoms with E-state index in [1.54, 1.807) is 0 Å². The third kappa shape index (κ3) is 4.78. The molecular weight excluding hydrogens is 409 g/mol. The van der Waals surface area contributed by atoms with E-state index in [0.717, 1.165) is 23.5 Å². The smallest absolute Gasteiger partial charge is 0.159 e. The first-order valence-corrected chi connectivity index (χ1v) is 13.1. The van der Waals surface area contributed by atoms with Crippen molar-refractivity contribution in [2.45, 2.75) is 31.6 Å². The number of rotatable bonds is 9. The standard InChI is InChI=1S/C29H30NOP/c1-2-15-28(30-29(24-16-7-3-8-17-24)25-18-9-4-10-19-25)32(31,26-20-11-5-12-21-26)27-22-13-6-14-23-27/h3-14,16-23,28-30H,2,15H2,1H3. The van der Waals surface area contributed by atoms with Crippen molar-refractivity contribution in [1.82, 2.24) is 5.32 Å². The van der Waals surface area contributed by atoms with Gasteiger partial charge >= 0.3 is 0 Å². The van der Waals surface area contributed by atoms with Crippen LogP contribution in [0.4, 0.5) is 0 Å². The predicted molar refractivity (Wildman–Crippen MR) is 136 cm³/mol. The number of benzene rings is 4. The predicted octanol–water partition coefficient (Wildman–Crippen LogP) is 6.51. The molecule has 4 aromatic carbocycles. The fourth-order valence-electron chi connectivity index (χ4n) is 4.32. The number of nitrogens with one attached hydrogen (secondary N) is 1. The minimum Gasteiger partial charge on any atom is -0.312 e. The molecule has 162 valence electrons. The topological polar surface area (TPSA) is 29.1 Å². The maximum atomic E-state index is 15.0. The van der Waals surface area contributed by atoms with E-state index in [2.05, 4.69) is 60.8 Å². The van der Waals surface area contributed by atoms with Gasteiger partial charge in [-0.2, -0.15) is 0 Å². The van der Waals surface area contributed by atoms with E-state index < -0.39 is 7.14 Å². The van der Waals surface area contributed by atoms with Gasteiger partial charge in [-0.15, -0.1) is 0 Å². The molecule has 1 N–H and O–H groups in total. The quantitative estimate of drug-likeness (QED) is 0.301. The van der Waals surface area contributed by atoms with Crippen LogP contribution in [0, 0.1) is 0 Å². The zero-order chi connectivity index (χ0) is 22.2. The molecule has 1 unspecified atom stereocenters. The van der Waals surface area contributed by atoms with Crippen LogP contribution in [0.3, 0.4) is 0 Å². The lowest BCUT2D eigenvalue weighted by Crippen LogP contribution is -2.39. The van der Waals surface area contributed by atoms with E-state index in [4.69, 9.17) is 0 Å². The van der Waals surface area contributed by atoms with Gasteiger partial charge in [0.1, 0.15) is 0 Å². The molecular formula is C29H30NOP. The van der Waals surface area contributed by atoms with Crippen LogP contribution in [0.5, 0.6) is 0 Å². The summed E-state index contributed by atoms with van der Waals surface area (Å²) in [4.78, 5) is 0. The Morgan fingerprint density at radius 3 is 1.38 bits per heavy atom. The zero-order valence-electron chi connectivity index (χ0n) is 18.5. The molecule has 0 aliphatic heterocycles. The fourth-order valence-corrected chi connectivity index (χ4v) is 7.55. The number of hydrogen-bond donors (Lipinski definition) is 1. The molecule has 3 heteroatoms. The van der Waals surface area contributed by atoms with Gasteiger partial charge in [-0.3, -0.25) is 5.32 Å². The summed E-state index contributed by atoms with van der Waals surface area (Å²) in [7, 11) is -2.96. The summed E-state index contributed by atoms with van der Waals surface area (Å²) in [6, 6.07) is 40.8. The van der Waals surface area contributed by atoms with Crippen molar-refractivity contribution < 1.29 is 4.57 Å². The van der Waals surface area contributed by atoms with Gasteiger partial charge in [0.15, 0.2) is 7.14 Å². The van der Waals surface area contributed by atoms with Crippen molar-refractivity contribution >= 4 is 17.8 Å². The Morgan fingerprint density at radius 2 is 1.00 bits per heavy atom. The number of hydrogen-bond acceptors (Lipinski definition) is 2. The molecule has 0 aliphatic carbocycles. The Balaban J connectivity index is 1.83. The highest BCUT2D eigenvalue weighted by atomic mass is 31.2. The van der Waals surface area contributed by atoms with Crippen molar-refractivity contribution in [3.8, 4) is 0 Å². The summed E-state index contributed by atoms with van der Waals surface area (Å²) >= 11 is 0. The maximum absolute atomic E-state index is 15.0. The van der Waals surface area contributed by atoms with Crippen LogP contribution < -0.4 is 15.9 Å². The Morgan fingerprint density at radius 1 is 0.625 bits per heavy atom. The highest BCUT2D eigenvalue weighted by Crippen LogP contribution is 2.50. The summed E-state index contributed by atoms with van der Waals surface area (Å²) in [6.07, 6.45) is 1.76. The second-order valence-corrected chi connectivity index (χ2v) is 11.0. The van der Waals surface area contributed by atoms with Gasteiger partial charge in [-0.25, -0.2) is 0 Å². The average molecular weight is 440 g/mol. The van der Waals surface area contributed by atoms with E-state index in [-0.39, 0.29) is 11.8 Å². The molecule has 0 aromatic heterocycles. The Labute approximate surface area is 191 Å². The Kier molecular flexibility index (Phi) is 7.37. The van der Waals surface area contributed by atoms with Crippen molar-refractivity contribution in [1.29, 1.82) is 0 Å². The Hall–Kier alpha value is -2.93. The summed E-state index contributed by atoms with van der Waals surface area (Å²) in [6.45, 7) is 2.16. The van der Waals surface area contributed by atoms with E-state index in [0.29, 0.717) is 0 Å². The summed E-state index contributed by atoms with van der Waals surface area (Å²) in [5.74, 6) is -0.192. The second kappa shape index (κ2) is 10.6. The largest absolute Gasteiger partial charge is 0.312 e. The van der Waals surface area contributed by atoms with E-state index in [9.17, 15) is 0 Å². The lowest BCUT2D eigenvalue weighted by Gasteiger charge is -2.33. The second-order valence-electron chi connectivity index (χ2n) is 8.05. The molecule has 1 atom stereocenters. The molecule has 4 rings (SSSR count). The Bertz CT molecular complexity index is 1050. The molecule has 2 nitrogen and oxygen atoms in total. The van der Waals surface area contributed by atoms with Gasteiger partial charge in [0.05, 0.1) is 11.8 Å². The molecule has 0 fully saturated rings. The van der Waals surface area contributed by atoms with Gasteiger partial charge in [0.2, 0.25) is 0 Å². The zero-order valence-corrected chi connectivity index (χ0v) is 19.4. The lowest BCUT2D eigenvalue weighted by atomic mass is 9.98. The first kappa shape index (κ1) is 22.3. The molecule has 0 heterocycles. The minimum absolute atomic E-state index is 0.0466. The summed E-state index contributed by atoms with van der Waals surface area (Å²) < 4.78 is 15.0. The van der Waals surface area contributed by atoms with Crippen LogP contribution in [-0.2, 0) is 4.57 Å². The first-order valence-electron chi connectivity index (χ1n) is 11.3. The van der Waals surface area contributed by atoms with Gasteiger partial charge in [-0.05, 0) is 17.5 Å². The van der Waals surface area contributed by atoms with Crippen LogP contribution >= 0.6 is 7.14 Å². The van der Waals surface area contributed by atoms with Crippen LogP contribution in [-0.4, -0.2) is 5.78 Å². The van der Waals surface area contributed by atoms with Crippen LogP contribution in [0.15, 0.2) is 121 Å². The third-order valence-electron chi connectivity index (χ3n) is 5.91. The summed E-state index contributed by atoms with van der Waals surface area (Å²) in [5, 5.41) is 5.66. The van der Waals surface area contributed by atoms with Crippen molar-refractivity contribution in [2.24, 2.45) is 0 Å². The van der Waals surface area contributed by atoms with Crippen LogP contribution in [0.2, 0.25) is 0 Å². The first-order chi connectivity index (χ1) is 15.7. The molecule has 0 amide bonds. The summed E-state index contributed by atoms with van der Waals surface area (Å²) in [5.41, 5.74) is 2.35. The molecule has 0 aliphatic rings. The fraction of sp³-hybridized carbons (Fsp3) is 0.172. The van der Waals surface area contributed by atoms with Crippen LogP contribution in [0.25, 0.3) is 0 Å². The highest BCUT2D eigenvalue weighted by molar-refractivity contribution is 7.79. The van der Waals surface area contributed by atoms with Gasteiger partial charge < -0.3 is 4.57 Å². The van der Waals surface area contributed by atoms with Crippen LogP contribution in [0.1, 0.15) is 36.9 Å². The van der Waals surface area contributed by atoms with E-state index in [1.807, 2.05) is 72.8 Å². The highest BCUT2D eigenvalue weighted by Gasteiger charge is 2.37. The average Bonchev–Trinajstić information content (AvgIpc) is 2.88. The maximum Gasteiger partial charge on any atom is 0.159 e. The third-order valence-corrected chi connectivity index (χ3v) is 9.32. The van der Waals surface area contributed by atoms with Crippen molar-refractivity contribution in [3.63, 3.8) is 0 Å². The molecule has 4 aromatic rings. The van der Waals surface area contributed by atoms with E-state index in [1.165, 1.54) is 11.1 Å². The van der Waals surface area contributed by atoms with Crippen molar-refractivity contribution in [2.75, 3.05) is 0 Å². The molecule has 0 bridgehead atoms.